The quantitative estimate of drug-likeness (QED) is 0.572. The maximum absolute atomic E-state index is 13.2. The third-order valence-corrected chi connectivity index (χ3v) is 5.75. The van der Waals surface area contributed by atoms with Crippen LogP contribution < -0.4 is 4.90 Å². The van der Waals surface area contributed by atoms with E-state index in [9.17, 15) is 9.59 Å². The van der Waals surface area contributed by atoms with Crippen LogP contribution in [0.25, 0.3) is 11.4 Å². The zero-order valence-corrected chi connectivity index (χ0v) is 18.0. The molecule has 0 bridgehead atoms. The number of hydrogen-bond donors (Lipinski definition) is 0. The van der Waals surface area contributed by atoms with Crippen LogP contribution in [0, 0.1) is 6.92 Å². The highest BCUT2D eigenvalue weighted by Crippen LogP contribution is 2.33. The number of nitrogens with zero attached hydrogens (tertiary/aromatic N) is 6. The third kappa shape index (κ3) is 3.35. The minimum atomic E-state index is -0.869. The van der Waals surface area contributed by atoms with Crippen molar-refractivity contribution in [2.24, 2.45) is 10.3 Å². The van der Waals surface area contributed by atoms with Crippen molar-refractivity contribution in [1.29, 1.82) is 0 Å². The zero-order valence-electron chi connectivity index (χ0n) is 18.0. The molecule has 0 unspecified atom stereocenters. The predicted octanol–water partition coefficient (Wildman–Crippen LogP) is 3.66. The van der Waals surface area contributed by atoms with Crippen molar-refractivity contribution in [2.75, 3.05) is 4.90 Å². The molecule has 0 radical (unpaired) electrons. The van der Waals surface area contributed by atoms with Crippen LogP contribution in [-0.4, -0.2) is 39.0 Å². The molecule has 1 fully saturated rings. The average Bonchev–Trinajstić information content (AvgIpc) is 3.47. The Morgan fingerprint density at radius 3 is 2.41 bits per heavy atom. The third-order valence-electron chi connectivity index (χ3n) is 5.75. The monoisotopic (exact) mass is 430 g/mol. The van der Waals surface area contributed by atoms with Gasteiger partial charge in [0.25, 0.3) is 11.8 Å². The van der Waals surface area contributed by atoms with Crippen molar-refractivity contribution in [1.82, 2.24) is 15.1 Å². The van der Waals surface area contributed by atoms with E-state index in [1.54, 1.807) is 12.1 Å². The molecular formula is C23H22N6O3. The lowest BCUT2D eigenvalue weighted by Gasteiger charge is -2.19. The number of anilines is 1. The lowest BCUT2D eigenvalue weighted by molar-refractivity contribution is -0.123. The van der Waals surface area contributed by atoms with Crippen molar-refractivity contribution < 1.29 is 14.1 Å². The summed E-state index contributed by atoms with van der Waals surface area (Å²) in [7, 11) is 0. The van der Waals surface area contributed by atoms with Crippen molar-refractivity contribution in [3.8, 4) is 11.4 Å². The molecule has 2 aromatic carbocycles. The Kier molecular flexibility index (Phi) is 4.80. The molecule has 2 amide bonds. The maximum atomic E-state index is 13.2. The smallest absolute Gasteiger partial charge is 0.263 e. The van der Waals surface area contributed by atoms with Crippen molar-refractivity contribution >= 4 is 17.5 Å². The summed E-state index contributed by atoms with van der Waals surface area (Å²) in [5, 5.41) is 13.5. The van der Waals surface area contributed by atoms with Crippen LogP contribution in [-0.2, 0) is 16.1 Å². The first-order valence-electron chi connectivity index (χ1n) is 10.5. The number of amides is 2. The molecule has 32 heavy (non-hydrogen) atoms. The first-order chi connectivity index (χ1) is 15.4. The Morgan fingerprint density at radius 2 is 1.72 bits per heavy atom. The number of fused-ring (bicyclic) bond motifs is 1. The Hall–Kier alpha value is -3.88. The predicted molar refractivity (Wildman–Crippen MR) is 115 cm³/mol. The van der Waals surface area contributed by atoms with E-state index in [0.29, 0.717) is 23.3 Å². The van der Waals surface area contributed by atoms with Crippen molar-refractivity contribution in [3.63, 3.8) is 0 Å². The molecule has 162 valence electrons. The number of carbonyl (C=O) groups excluding carboxylic acids is 2. The average molecular weight is 430 g/mol. The van der Waals surface area contributed by atoms with Crippen LogP contribution in [0.5, 0.6) is 0 Å². The van der Waals surface area contributed by atoms with E-state index in [0.717, 1.165) is 16.7 Å². The molecule has 3 heterocycles. The minimum Gasteiger partial charge on any atom is -0.337 e. The van der Waals surface area contributed by atoms with Crippen molar-refractivity contribution in [2.45, 2.75) is 45.3 Å². The van der Waals surface area contributed by atoms with Crippen LogP contribution in [0.3, 0.4) is 0 Å². The number of imide groups is 1. The standard InChI is InChI=1S/C23H22N6O3/c1-13(2)15-8-10-17(11-9-15)29-22(30)19-20(23(29)31)28(27-25-19)12-18-24-21(26-32-18)16-6-4-14(3)5-7-16/h4-11,13,19-20H,12H2,1-3H3/t19-,20-/m1/s1. The number of hydrogen-bond acceptors (Lipinski definition) is 8. The molecule has 3 aromatic rings. The lowest BCUT2D eigenvalue weighted by Crippen LogP contribution is -2.39. The van der Waals surface area contributed by atoms with E-state index in [4.69, 9.17) is 4.52 Å². The van der Waals surface area contributed by atoms with Gasteiger partial charge in [0.05, 0.1) is 5.69 Å². The molecule has 2 aliphatic heterocycles. The second-order valence-corrected chi connectivity index (χ2v) is 8.33. The lowest BCUT2D eigenvalue weighted by atomic mass is 10.0. The normalized spacial score (nSPS) is 20.0. The molecule has 9 nitrogen and oxygen atoms in total. The SMILES string of the molecule is Cc1ccc(-c2noc(CN3N=N[C@H]4C(=O)N(c5ccc(C(C)C)cc5)C(=O)[C@@H]43)n2)cc1. The molecule has 0 N–H and O–H groups in total. The van der Waals surface area contributed by atoms with Crippen LogP contribution in [0.15, 0.2) is 63.4 Å². The Morgan fingerprint density at radius 1 is 1.00 bits per heavy atom. The second kappa shape index (κ2) is 7.67. The number of aryl methyl sites for hydroxylation is 1. The number of benzene rings is 2. The molecule has 2 atom stereocenters. The van der Waals surface area contributed by atoms with Gasteiger partial charge in [-0.05, 0) is 30.5 Å². The van der Waals surface area contributed by atoms with Crippen molar-refractivity contribution in [3.05, 3.63) is 65.5 Å². The topological polar surface area (TPSA) is 104 Å². The zero-order chi connectivity index (χ0) is 22.4. The highest BCUT2D eigenvalue weighted by molar-refractivity contribution is 6.25. The van der Waals surface area contributed by atoms with Crippen LogP contribution in [0.2, 0.25) is 0 Å². The Labute approximate surface area is 184 Å². The fourth-order valence-electron chi connectivity index (χ4n) is 3.89. The van der Waals surface area contributed by atoms with Gasteiger partial charge in [-0.15, -0.1) is 0 Å². The summed E-state index contributed by atoms with van der Waals surface area (Å²) in [6, 6.07) is 13.5. The van der Waals surface area contributed by atoms with Gasteiger partial charge in [0.2, 0.25) is 11.7 Å². The van der Waals surface area contributed by atoms with Gasteiger partial charge in [0.15, 0.2) is 12.1 Å². The van der Waals surface area contributed by atoms with Gasteiger partial charge < -0.3 is 4.52 Å². The first-order valence-corrected chi connectivity index (χ1v) is 10.5. The maximum Gasteiger partial charge on any atom is 0.263 e. The van der Waals surface area contributed by atoms with Gasteiger partial charge in [-0.2, -0.15) is 10.1 Å². The first kappa shape index (κ1) is 20.0. The molecular weight excluding hydrogens is 408 g/mol. The van der Waals surface area contributed by atoms with Crippen LogP contribution in [0.1, 0.15) is 36.8 Å². The summed E-state index contributed by atoms with van der Waals surface area (Å²) in [6.45, 7) is 6.27. The van der Waals surface area contributed by atoms with Crippen LogP contribution >= 0.6 is 0 Å². The van der Waals surface area contributed by atoms with Gasteiger partial charge in [-0.1, -0.05) is 66.2 Å². The van der Waals surface area contributed by atoms with E-state index < -0.39 is 12.1 Å². The number of aromatic nitrogens is 2. The van der Waals surface area contributed by atoms with E-state index >= 15 is 0 Å². The van der Waals surface area contributed by atoms with E-state index in [-0.39, 0.29) is 18.4 Å². The second-order valence-electron chi connectivity index (χ2n) is 8.33. The molecule has 0 saturated carbocycles. The fourth-order valence-corrected chi connectivity index (χ4v) is 3.89. The fraction of sp³-hybridized carbons (Fsp3) is 0.304. The molecule has 1 aromatic heterocycles. The molecule has 2 aliphatic rings. The van der Waals surface area contributed by atoms with E-state index in [1.807, 2.05) is 43.3 Å². The number of carbonyl (C=O) groups is 2. The Balaban J connectivity index is 1.34. The summed E-state index contributed by atoms with van der Waals surface area (Å²) in [5.41, 5.74) is 3.63. The highest BCUT2D eigenvalue weighted by atomic mass is 16.5. The largest absolute Gasteiger partial charge is 0.337 e. The van der Waals surface area contributed by atoms with Gasteiger partial charge in [0, 0.05) is 5.56 Å². The molecule has 0 spiro atoms. The molecule has 0 aliphatic carbocycles. The van der Waals surface area contributed by atoms with E-state index in [1.165, 1.54) is 9.91 Å². The highest BCUT2D eigenvalue weighted by Gasteiger charge is 2.55. The summed E-state index contributed by atoms with van der Waals surface area (Å²) in [6.07, 6.45) is 0. The Bertz CT molecular complexity index is 1200. The summed E-state index contributed by atoms with van der Waals surface area (Å²) in [4.78, 5) is 31.7. The van der Waals surface area contributed by atoms with Gasteiger partial charge in [-0.3, -0.25) is 14.6 Å². The summed E-state index contributed by atoms with van der Waals surface area (Å²) < 4.78 is 5.35. The van der Waals surface area contributed by atoms with Gasteiger partial charge in [0.1, 0.15) is 6.54 Å². The van der Waals surface area contributed by atoms with E-state index in [2.05, 4.69) is 34.3 Å². The molecule has 5 rings (SSSR count). The minimum absolute atomic E-state index is 0.0860. The molecule has 1 saturated heterocycles. The van der Waals surface area contributed by atoms with Gasteiger partial charge >= 0.3 is 0 Å². The number of rotatable bonds is 5. The summed E-state index contributed by atoms with van der Waals surface area (Å²) >= 11 is 0. The van der Waals surface area contributed by atoms with Crippen LogP contribution in [0.4, 0.5) is 5.69 Å². The molecule has 9 heteroatoms. The summed E-state index contributed by atoms with van der Waals surface area (Å²) in [5.74, 6) is 0.362. The van der Waals surface area contributed by atoms with Gasteiger partial charge in [-0.25, -0.2) is 4.90 Å².